The second-order valence-electron chi connectivity index (χ2n) is 14.1. The molecule has 1 N–H and O–H groups in total. The molecule has 4 heterocycles. The van der Waals surface area contributed by atoms with Crippen molar-refractivity contribution >= 4 is 6.03 Å². The first-order valence-electron chi connectivity index (χ1n) is 16.6. The molecule has 7 heteroatoms. The Kier molecular flexibility index (Phi) is 8.10. The van der Waals surface area contributed by atoms with E-state index >= 15 is 0 Å². The number of piperidine rings is 2. The van der Waals surface area contributed by atoms with E-state index in [1.54, 1.807) is 6.07 Å². The molecule has 232 valence electrons. The van der Waals surface area contributed by atoms with Crippen LogP contribution in [0.4, 0.5) is 4.79 Å². The summed E-state index contributed by atoms with van der Waals surface area (Å²) in [5, 5.41) is 3.85. The van der Waals surface area contributed by atoms with Gasteiger partial charge < -0.3 is 24.4 Å². The van der Waals surface area contributed by atoms with Gasteiger partial charge in [0.15, 0.2) is 0 Å². The molecule has 0 unspecified atom stereocenters. The fraction of sp³-hybridized carbons (Fsp3) is 0.514. The van der Waals surface area contributed by atoms with Gasteiger partial charge in [0.1, 0.15) is 0 Å². The highest BCUT2D eigenvalue weighted by atomic mass is 16.5. The number of carbonyl (C=O) groups is 1. The van der Waals surface area contributed by atoms with Gasteiger partial charge in [-0.05, 0) is 73.1 Å². The molecule has 2 amide bonds. The van der Waals surface area contributed by atoms with Gasteiger partial charge >= 0.3 is 6.03 Å². The summed E-state index contributed by atoms with van der Waals surface area (Å²) >= 11 is 0. The van der Waals surface area contributed by atoms with E-state index in [1.165, 1.54) is 18.4 Å². The molecule has 44 heavy (non-hydrogen) atoms. The van der Waals surface area contributed by atoms with Crippen molar-refractivity contribution in [1.29, 1.82) is 0 Å². The maximum absolute atomic E-state index is 14.4. The molecule has 4 fully saturated rings. The van der Waals surface area contributed by atoms with Crippen LogP contribution in [0.2, 0.25) is 0 Å². The SMILES string of the molecule is CC1(N[C@@H]2CCN(C(=O)N3CC[C@@H](Cn4ccc(-c5ccccc5)cc4=O)C4(CCCC4)C3)[C@H](c3ccccc3)C2)COC1. The van der Waals surface area contributed by atoms with Crippen molar-refractivity contribution in [1.82, 2.24) is 19.7 Å². The highest BCUT2D eigenvalue weighted by Gasteiger charge is 2.48. The Hall–Kier alpha value is -3.42. The van der Waals surface area contributed by atoms with E-state index in [0.717, 1.165) is 82.6 Å². The predicted molar refractivity (Wildman–Crippen MR) is 173 cm³/mol. The van der Waals surface area contributed by atoms with Crippen molar-refractivity contribution in [2.24, 2.45) is 11.3 Å². The molecule has 4 aliphatic rings. The van der Waals surface area contributed by atoms with Crippen LogP contribution < -0.4 is 10.9 Å². The van der Waals surface area contributed by atoms with Crippen LogP contribution in [0.3, 0.4) is 0 Å². The third-order valence-corrected chi connectivity index (χ3v) is 10.9. The lowest BCUT2D eigenvalue weighted by atomic mass is 9.69. The maximum Gasteiger partial charge on any atom is 0.320 e. The quantitative estimate of drug-likeness (QED) is 0.375. The first-order valence-corrected chi connectivity index (χ1v) is 16.6. The zero-order valence-electron chi connectivity index (χ0n) is 26.0. The van der Waals surface area contributed by atoms with E-state index in [4.69, 9.17) is 4.74 Å². The normalized spacial score (nSPS) is 26.0. The van der Waals surface area contributed by atoms with Crippen LogP contribution in [-0.4, -0.2) is 64.8 Å². The number of amides is 2. The monoisotopic (exact) mass is 594 g/mol. The maximum atomic E-state index is 14.4. The van der Waals surface area contributed by atoms with Gasteiger partial charge in [0.25, 0.3) is 5.56 Å². The summed E-state index contributed by atoms with van der Waals surface area (Å²) < 4.78 is 7.41. The lowest BCUT2D eigenvalue weighted by Crippen LogP contribution is -2.63. The van der Waals surface area contributed by atoms with Gasteiger partial charge in [0, 0.05) is 44.5 Å². The van der Waals surface area contributed by atoms with Crippen LogP contribution in [0, 0.1) is 11.3 Å². The fourth-order valence-corrected chi connectivity index (χ4v) is 8.49. The lowest BCUT2D eigenvalue weighted by Gasteiger charge is -2.50. The third-order valence-electron chi connectivity index (χ3n) is 10.9. The minimum absolute atomic E-state index is 0.0403. The van der Waals surface area contributed by atoms with Gasteiger partial charge in [-0.1, -0.05) is 73.5 Å². The Morgan fingerprint density at radius 2 is 1.66 bits per heavy atom. The molecule has 7 nitrogen and oxygen atoms in total. The number of ether oxygens (including phenoxy) is 1. The highest BCUT2D eigenvalue weighted by molar-refractivity contribution is 5.75. The first kappa shape index (κ1) is 29.3. The van der Waals surface area contributed by atoms with E-state index in [2.05, 4.69) is 58.4 Å². The van der Waals surface area contributed by atoms with Crippen molar-refractivity contribution in [3.8, 4) is 11.1 Å². The van der Waals surface area contributed by atoms with Gasteiger partial charge in [-0.25, -0.2) is 4.79 Å². The average Bonchev–Trinajstić information content (AvgIpc) is 3.51. The molecule has 1 saturated carbocycles. The number of benzene rings is 2. The van der Waals surface area contributed by atoms with Crippen molar-refractivity contribution in [3.05, 3.63) is 94.9 Å². The second kappa shape index (κ2) is 12.2. The Labute approximate surface area is 261 Å². The topological polar surface area (TPSA) is 66.8 Å². The van der Waals surface area contributed by atoms with Gasteiger partial charge in [-0.15, -0.1) is 0 Å². The Morgan fingerprint density at radius 3 is 2.34 bits per heavy atom. The molecule has 2 aromatic carbocycles. The zero-order chi connectivity index (χ0) is 30.1. The van der Waals surface area contributed by atoms with Gasteiger partial charge in [0.2, 0.25) is 0 Å². The number of nitrogens with one attached hydrogen (secondary N) is 1. The summed E-state index contributed by atoms with van der Waals surface area (Å²) in [4.78, 5) is 32.0. The number of hydrogen-bond acceptors (Lipinski definition) is 4. The predicted octanol–water partition coefficient (Wildman–Crippen LogP) is 6.10. The lowest BCUT2D eigenvalue weighted by molar-refractivity contribution is -0.0735. The Balaban J connectivity index is 1.07. The Morgan fingerprint density at radius 1 is 0.932 bits per heavy atom. The van der Waals surface area contributed by atoms with Crippen LogP contribution in [0.15, 0.2) is 83.8 Å². The molecule has 3 aromatic rings. The second-order valence-corrected chi connectivity index (χ2v) is 14.1. The average molecular weight is 595 g/mol. The molecule has 7 rings (SSSR count). The van der Waals surface area contributed by atoms with Crippen molar-refractivity contribution in [2.75, 3.05) is 32.8 Å². The molecule has 1 spiro atoms. The van der Waals surface area contributed by atoms with Gasteiger partial charge in [-0.3, -0.25) is 4.79 Å². The minimum Gasteiger partial charge on any atom is -0.377 e. The summed E-state index contributed by atoms with van der Waals surface area (Å²) in [6, 6.07) is 25.1. The number of aromatic nitrogens is 1. The van der Waals surface area contributed by atoms with E-state index < -0.39 is 0 Å². The Bertz CT molecular complexity index is 1500. The molecular weight excluding hydrogens is 548 g/mol. The molecule has 3 atom stereocenters. The van der Waals surface area contributed by atoms with E-state index in [1.807, 2.05) is 41.1 Å². The molecule has 3 saturated heterocycles. The van der Waals surface area contributed by atoms with Gasteiger partial charge in [0.05, 0.1) is 24.8 Å². The summed E-state index contributed by atoms with van der Waals surface area (Å²) in [5.41, 5.74) is 3.42. The largest absolute Gasteiger partial charge is 0.377 e. The number of likely N-dealkylation sites (tertiary alicyclic amines) is 2. The van der Waals surface area contributed by atoms with Crippen LogP contribution in [0.25, 0.3) is 11.1 Å². The number of rotatable bonds is 6. The highest BCUT2D eigenvalue weighted by Crippen LogP contribution is 2.49. The number of carbonyl (C=O) groups excluding carboxylic acids is 1. The van der Waals surface area contributed by atoms with Gasteiger partial charge in [-0.2, -0.15) is 0 Å². The summed E-state index contributed by atoms with van der Waals surface area (Å²) in [6.45, 7) is 6.76. The van der Waals surface area contributed by atoms with E-state index in [-0.39, 0.29) is 28.6 Å². The third kappa shape index (κ3) is 5.84. The van der Waals surface area contributed by atoms with Crippen LogP contribution in [-0.2, 0) is 11.3 Å². The fourth-order valence-electron chi connectivity index (χ4n) is 8.49. The molecule has 0 radical (unpaired) electrons. The zero-order valence-corrected chi connectivity index (χ0v) is 26.0. The molecule has 3 aliphatic heterocycles. The standard InChI is InChI=1S/C37H46N4O3/c1-36(26-44-27-36)38-32-16-21-41(33(23-32)29-12-6-3-7-13-29)35(43)40-20-15-31(37(25-40)17-8-9-18-37)24-39-19-14-30(22-34(39)42)28-10-4-2-5-11-28/h2-7,10-14,19,22,31-33,38H,8-9,15-18,20-21,23-27H2,1H3/t31-,32+,33-/m0/s1. The minimum atomic E-state index is 0.0403. The van der Waals surface area contributed by atoms with Crippen LogP contribution >= 0.6 is 0 Å². The number of pyridine rings is 1. The van der Waals surface area contributed by atoms with E-state index in [0.29, 0.717) is 12.0 Å². The summed E-state index contributed by atoms with van der Waals surface area (Å²) in [6.07, 6.45) is 9.44. The number of hydrogen-bond donors (Lipinski definition) is 1. The molecular formula is C37H46N4O3. The van der Waals surface area contributed by atoms with Crippen molar-refractivity contribution in [2.45, 2.75) is 76.0 Å². The summed E-state index contributed by atoms with van der Waals surface area (Å²) in [7, 11) is 0. The smallest absolute Gasteiger partial charge is 0.320 e. The number of nitrogens with zero attached hydrogens (tertiary/aromatic N) is 3. The first-order chi connectivity index (χ1) is 21.4. The van der Waals surface area contributed by atoms with Crippen LogP contribution in [0.5, 0.6) is 0 Å². The molecule has 0 bridgehead atoms. The molecule has 1 aromatic heterocycles. The van der Waals surface area contributed by atoms with Crippen molar-refractivity contribution < 1.29 is 9.53 Å². The summed E-state index contributed by atoms with van der Waals surface area (Å²) in [5.74, 6) is 0.389. The van der Waals surface area contributed by atoms with E-state index in [9.17, 15) is 9.59 Å². The van der Waals surface area contributed by atoms with Crippen molar-refractivity contribution in [3.63, 3.8) is 0 Å². The van der Waals surface area contributed by atoms with Crippen LogP contribution in [0.1, 0.15) is 63.5 Å². The number of urea groups is 1. The molecule has 1 aliphatic carbocycles.